The van der Waals surface area contributed by atoms with E-state index in [4.69, 9.17) is 0 Å². The lowest BCUT2D eigenvalue weighted by Crippen LogP contribution is -2.42. The number of aliphatic hydroxyl groups excluding tert-OH is 1. The van der Waals surface area contributed by atoms with Crippen molar-refractivity contribution in [2.75, 3.05) is 11.4 Å². The Hall–Kier alpha value is -1.35. The van der Waals surface area contributed by atoms with Crippen LogP contribution < -0.4 is 4.90 Å². The smallest absolute Gasteiger partial charge is 0.0717 e. The quantitative estimate of drug-likeness (QED) is 0.791. The van der Waals surface area contributed by atoms with Crippen LogP contribution in [0, 0.1) is 0 Å². The molecule has 3 heteroatoms. The minimum atomic E-state index is -0.0144. The van der Waals surface area contributed by atoms with Crippen LogP contribution in [-0.4, -0.2) is 22.2 Å². The molecule has 0 saturated carbocycles. The number of aliphatic hydroxyl groups is 1. The minimum absolute atomic E-state index is 0.00684. The zero-order valence-corrected chi connectivity index (χ0v) is 10.3. The Morgan fingerprint density at radius 1 is 1.50 bits per heavy atom. The molecule has 1 aromatic heterocycles. The zero-order valence-electron chi connectivity index (χ0n) is 10.3. The highest BCUT2D eigenvalue weighted by atomic mass is 16.3. The van der Waals surface area contributed by atoms with Crippen LogP contribution in [0.15, 0.2) is 31.1 Å². The second-order valence-electron chi connectivity index (χ2n) is 4.73. The summed E-state index contributed by atoms with van der Waals surface area (Å²) in [5.74, 6) is 0. The van der Waals surface area contributed by atoms with E-state index in [0.29, 0.717) is 0 Å². The molecule has 1 N–H and O–H groups in total. The molecule has 3 nitrogen and oxygen atoms in total. The summed E-state index contributed by atoms with van der Waals surface area (Å²) in [5.41, 5.74) is 1.85. The van der Waals surface area contributed by atoms with Gasteiger partial charge in [-0.3, -0.25) is 4.98 Å². The molecule has 88 valence electrons. The molecule has 1 rings (SSSR count). The van der Waals surface area contributed by atoms with Gasteiger partial charge in [0.2, 0.25) is 0 Å². The van der Waals surface area contributed by atoms with E-state index in [9.17, 15) is 5.11 Å². The topological polar surface area (TPSA) is 36.4 Å². The number of aromatic nitrogens is 1. The SMILES string of the molecule is C=CCN(c1ccncc1CO)C(C)(C)C. The summed E-state index contributed by atoms with van der Waals surface area (Å²) in [6.45, 7) is 10.9. The normalized spacial score (nSPS) is 11.2. The molecule has 1 aromatic rings. The number of rotatable bonds is 4. The van der Waals surface area contributed by atoms with Crippen LogP contribution in [0.2, 0.25) is 0 Å². The van der Waals surface area contributed by atoms with Crippen LogP contribution in [0.3, 0.4) is 0 Å². The molecule has 0 aliphatic carbocycles. The average Bonchev–Trinajstić information content (AvgIpc) is 2.24. The summed E-state index contributed by atoms with van der Waals surface area (Å²) in [5, 5.41) is 9.31. The van der Waals surface area contributed by atoms with Crippen molar-refractivity contribution in [1.82, 2.24) is 4.98 Å². The van der Waals surface area contributed by atoms with Crippen LogP contribution in [0.1, 0.15) is 26.3 Å². The molecule has 0 aromatic carbocycles. The molecule has 0 bridgehead atoms. The molecule has 0 aliphatic rings. The van der Waals surface area contributed by atoms with E-state index in [0.717, 1.165) is 17.8 Å². The highest BCUT2D eigenvalue weighted by Crippen LogP contribution is 2.26. The fourth-order valence-electron chi connectivity index (χ4n) is 1.67. The van der Waals surface area contributed by atoms with Crippen LogP contribution in [0.4, 0.5) is 5.69 Å². The van der Waals surface area contributed by atoms with Crippen molar-refractivity contribution < 1.29 is 5.11 Å². The maximum atomic E-state index is 9.31. The lowest BCUT2D eigenvalue weighted by Gasteiger charge is -2.38. The highest BCUT2D eigenvalue weighted by Gasteiger charge is 2.22. The van der Waals surface area contributed by atoms with Gasteiger partial charge in [0.15, 0.2) is 0 Å². The minimum Gasteiger partial charge on any atom is -0.392 e. The maximum absolute atomic E-state index is 9.31. The van der Waals surface area contributed by atoms with Crippen molar-refractivity contribution in [2.24, 2.45) is 0 Å². The van der Waals surface area contributed by atoms with E-state index in [1.165, 1.54) is 0 Å². The van der Waals surface area contributed by atoms with E-state index in [2.05, 4.69) is 37.2 Å². The molecule has 0 unspecified atom stereocenters. The first-order valence-electron chi connectivity index (χ1n) is 5.43. The number of nitrogens with zero attached hydrogens (tertiary/aromatic N) is 2. The summed E-state index contributed by atoms with van der Waals surface area (Å²) >= 11 is 0. The fraction of sp³-hybridized carbons (Fsp3) is 0.462. The maximum Gasteiger partial charge on any atom is 0.0717 e. The highest BCUT2D eigenvalue weighted by molar-refractivity contribution is 5.54. The predicted octanol–water partition coefficient (Wildman–Crippen LogP) is 2.36. The Kier molecular flexibility index (Phi) is 4.07. The van der Waals surface area contributed by atoms with Crippen LogP contribution in [0.5, 0.6) is 0 Å². The average molecular weight is 220 g/mol. The van der Waals surface area contributed by atoms with Crippen molar-refractivity contribution in [3.63, 3.8) is 0 Å². The number of anilines is 1. The van der Waals surface area contributed by atoms with Crippen molar-refractivity contribution >= 4 is 5.69 Å². The van der Waals surface area contributed by atoms with Gasteiger partial charge in [-0.2, -0.15) is 0 Å². The number of pyridine rings is 1. The van der Waals surface area contributed by atoms with E-state index < -0.39 is 0 Å². The lowest BCUT2D eigenvalue weighted by atomic mass is 10.0. The third-order valence-corrected chi connectivity index (χ3v) is 2.46. The molecular weight excluding hydrogens is 200 g/mol. The Bertz CT molecular complexity index is 355. The monoisotopic (exact) mass is 220 g/mol. The van der Waals surface area contributed by atoms with Gasteiger partial charge in [0.25, 0.3) is 0 Å². The lowest BCUT2D eigenvalue weighted by molar-refractivity contribution is 0.281. The van der Waals surface area contributed by atoms with Crippen LogP contribution in [-0.2, 0) is 6.61 Å². The molecule has 16 heavy (non-hydrogen) atoms. The molecule has 0 amide bonds. The van der Waals surface area contributed by atoms with E-state index in [1.807, 2.05) is 12.1 Å². The second kappa shape index (κ2) is 5.12. The summed E-state index contributed by atoms with van der Waals surface area (Å²) in [4.78, 5) is 6.23. The van der Waals surface area contributed by atoms with Gasteiger partial charge >= 0.3 is 0 Å². The first kappa shape index (κ1) is 12.7. The predicted molar refractivity (Wildman–Crippen MR) is 67.5 cm³/mol. The molecule has 0 spiro atoms. The van der Waals surface area contributed by atoms with Crippen LogP contribution in [0.25, 0.3) is 0 Å². The van der Waals surface area contributed by atoms with Gasteiger partial charge in [-0.05, 0) is 26.8 Å². The Balaban J connectivity index is 3.15. The van der Waals surface area contributed by atoms with Crippen molar-refractivity contribution in [3.8, 4) is 0 Å². The molecule has 0 fully saturated rings. The first-order chi connectivity index (χ1) is 7.50. The third-order valence-electron chi connectivity index (χ3n) is 2.46. The third kappa shape index (κ3) is 2.83. The number of hydrogen-bond donors (Lipinski definition) is 1. The number of hydrogen-bond acceptors (Lipinski definition) is 3. The van der Waals surface area contributed by atoms with Gasteiger partial charge in [0, 0.05) is 35.7 Å². The molecular formula is C13H20N2O. The van der Waals surface area contributed by atoms with E-state index >= 15 is 0 Å². The fourth-order valence-corrected chi connectivity index (χ4v) is 1.67. The van der Waals surface area contributed by atoms with Gasteiger partial charge in [-0.15, -0.1) is 6.58 Å². The summed E-state index contributed by atoms with van der Waals surface area (Å²) < 4.78 is 0. The van der Waals surface area contributed by atoms with Crippen LogP contribution >= 0.6 is 0 Å². The van der Waals surface area contributed by atoms with Gasteiger partial charge in [0.1, 0.15) is 0 Å². The standard InChI is InChI=1S/C13H20N2O/c1-5-8-15(13(2,3)4)12-6-7-14-9-11(12)10-16/h5-7,9,16H,1,8,10H2,2-4H3. The Labute approximate surface area is 97.4 Å². The Morgan fingerprint density at radius 3 is 2.69 bits per heavy atom. The Morgan fingerprint density at radius 2 is 2.19 bits per heavy atom. The summed E-state index contributed by atoms with van der Waals surface area (Å²) in [7, 11) is 0. The van der Waals surface area contributed by atoms with Gasteiger partial charge in [-0.25, -0.2) is 0 Å². The van der Waals surface area contributed by atoms with E-state index in [1.54, 1.807) is 12.4 Å². The first-order valence-corrected chi connectivity index (χ1v) is 5.43. The van der Waals surface area contributed by atoms with Gasteiger partial charge in [0.05, 0.1) is 6.61 Å². The zero-order chi connectivity index (χ0) is 12.2. The van der Waals surface area contributed by atoms with E-state index in [-0.39, 0.29) is 12.1 Å². The summed E-state index contributed by atoms with van der Waals surface area (Å²) in [6, 6.07) is 1.93. The van der Waals surface area contributed by atoms with Gasteiger partial charge < -0.3 is 10.0 Å². The largest absolute Gasteiger partial charge is 0.392 e. The van der Waals surface area contributed by atoms with Gasteiger partial charge in [-0.1, -0.05) is 6.08 Å². The molecule has 1 heterocycles. The molecule has 0 atom stereocenters. The molecule has 0 aliphatic heterocycles. The molecule has 0 saturated heterocycles. The second-order valence-corrected chi connectivity index (χ2v) is 4.73. The van der Waals surface area contributed by atoms with Crippen molar-refractivity contribution in [3.05, 3.63) is 36.7 Å². The summed E-state index contributed by atoms with van der Waals surface area (Å²) in [6.07, 6.45) is 5.32. The van der Waals surface area contributed by atoms with Crippen molar-refractivity contribution in [2.45, 2.75) is 32.9 Å². The van der Waals surface area contributed by atoms with Crippen molar-refractivity contribution in [1.29, 1.82) is 0 Å². The molecule has 0 radical (unpaired) electrons.